The molecule has 2 aromatic rings. The van der Waals surface area contributed by atoms with Gasteiger partial charge in [-0.2, -0.15) is 4.31 Å². The minimum atomic E-state index is -4.15. The molecule has 8 nitrogen and oxygen atoms in total. The van der Waals surface area contributed by atoms with E-state index in [-0.39, 0.29) is 22.8 Å². The highest BCUT2D eigenvalue weighted by molar-refractivity contribution is 7.93. The predicted molar refractivity (Wildman–Crippen MR) is 147 cm³/mol. The molecule has 4 rings (SSSR count). The van der Waals surface area contributed by atoms with E-state index in [0.29, 0.717) is 18.6 Å². The van der Waals surface area contributed by atoms with Crippen LogP contribution in [0.2, 0.25) is 0 Å². The summed E-state index contributed by atoms with van der Waals surface area (Å²) in [5.41, 5.74) is 0.888. The Balaban J connectivity index is 1.92. The van der Waals surface area contributed by atoms with Gasteiger partial charge in [-0.15, -0.1) is 0 Å². The summed E-state index contributed by atoms with van der Waals surface area (Å²) in [5.74, 6) is 0.105. The SMILES string of the molecule is CCCCC1(C)CC2C(=C(C(=O)OC)C(OC)=CN2c2ccccc2)S(=O)(=O)N1Cc1ccc(OC)cc1. The average Bonchev–Trinajstić information content (AvgIpc) is 2.93. The van der Waals surface area contributed by atoms with Gasteiger partial charge >= 0.3 is 5.97 Å². The van der Waals surface area contributed by atoms with Crippen LogP contribution in [0.3, 0.4) is 0 Å². The fourth-order valence-corrected chi connectivity index (χ4v) is 7.67. The highest BCUT2D eigenvalue weighted by Crippen LogP contribution is 2.48. The van der Waals surface area contributed by atoms with Crippen molar-refractivity contribution in [3.63, 3.8) is 0 Å². The molecule has 2 heterocycles. The molecule has 2 unspecified atom stereocenters. The fraction of sp³-hybridized carbons (Fsp3) is 0.414. The summed E-state index contributed by atoms with van der Waals surface area (Å²) in [6.45, 7) is 4.27. The Labute approximate surface area is 225 Å². The average molecular weight is 541 g/mol. The molecule has 1 saturated heterocycles. The van der Waals surface area contributed by atoms with Crippen molar-refractivity contribution in [3.05, 3.63) is 82.6 Å². The van der Waals surface area contributed by atoms with Gasteiger partial charge in [0.15, 0.2) is 5.76 Å². The van der Waals surface area contributed by atoms with E-state index in [4.69, 9.17) is 14.2 Å². The van der Waals surface area contributed by atoms with E-state index in [9.17, 15) is 13.2 Å². The molecule has 38 heavy (non-hydrogen) atoms. The number of unbranched alkanes of at least 4 members (excludes halogenated alkanes) is 1. The molecule has 1 fully saturated rings. The van der Waals surface area contributed by atoms with E-state index in [1.807, 2.05) is 66.4 Å². The first-order valence-electron chi connectivity index (χ1n) is 12.8. The summed E-state index contributed by atoms with van der Waals surface area (Å²) in [7, 11) is 0.120. The van der Waals surface area contributed by atoms with Gasteiger partial charge in [-0.3, -0.25) is 0 Å². The number of hydrogen-bond donors (Lipinski definition) is 0. The zero-order valence-corrected chi connectivity index (χ0v) is 23.5. The number of nitrogens with zero attached hydrogens (tertiary/aromatic N) is 2. The quantitative estimate of drug-likeness (QED) is 0.415. The molecule has 2 atom stereocenters. The molecule has 0 radical (unpaired) electrons. The Hall–Kier alpha value is -3.30. The van der Waals surface area contributed by atoms with Crippen molar-refractivity contribution in [1.29, 1.82) is 0 Å². The standard InChI is InChI=1S/C29H36N2O6S/c1-6-7-17-29(2)18-24-27(38(33,34)31(29)19-21-13-15-23(35-3)16-14-21)26(28(32)37-5)25(36-4)20-30(24)22-11-9-8-10-12-22/h8-16,20,24H,6-7,17-19H2,1-5H3. The maximum atomic E-state index is 14.6. The van der Waals surface area contributed by atoms with Gasteiger partial charge in [-0.1, -0.05) is 50.1 Å². The van der Waals surface area contributed by atoms with Gasteiger partial charge in [0.2, 0.25) is 10.0 Å². The van der Waals surface area contributed by atoms with Gasteiger partial charge in [-0.25, -0.2) is 13.2 Å². The Kier molecular flexibility index (Phi) is 8.18. The van der Waals surface area contributed by atoms with Crippen LogP contribution in [0.1, 0.15) is 45.1 Å². The van der Waals surface area contributed by atoms with Crippen molar-refractivity contribution in [2.45, 2.75) is 57.7 Å². The number of ether oxygens (including phenoxy) is 3. The zero-order valence-electron chi connectivity index (χ0n) is 22.6. The minimum absolute atomic E-state index is 0.00929. The Morgan fingerprint density at radius 3 is 2.29 bits per heavy atom. The third kappa shape index (κ3) is 5.05. The number of carbonyl (C=O) groups is 1. The molecule has 0 N–H and O–H groups in total. The van der Waals surface area contributed by atoms with Crippen LogP contribution < -0.4 is 9.64 Å². The maximum Gasteiger partial charge on any atom is 0.342 e. The first kappa shape index (κ1) is 27.7. The molecular weight excluding hydrogens is 504 g/mol. The first-order chi connectivity index (χ1) is 18.2. The summed E-state index contributed by atoms with van der Waals surface area (Å²) in [4.78, 5) is 15.0. The normalized spacial score (nSPS) is 22.9. The van der Waals surface area contributed by atoms with E-state index >= 15 is 0 Å². The van der Waals surface area contributed by atoms with Crippen molar-refractivity contribution in [3.8, 4) is 5.75 Å². The largest absolute Gasteiger partial charge is 0.497 e. The molecular formula is C29H36N2O6S. The molecule has 0 bridgehead atoms. The number of hydrogen-bond acceptors (Lipinski definition) is 7. The van der Waals surface area contributed by atoms with E-state index < -0.39 is 27.6 Å². The van der Waals surface area contributed by atoms with Crippen LogP contribution in [0.5, 0.6) is 5.75 Å². The molecule has 0 saturated carbocycles. The van der Waals surface area contributed by atoms with Crippen LogP contribution in [0.4, 0.5) is 5.69 Å². The molecule has 204 valence electrons. The van der Waals surface area contributed by atoms with Gasteiger partial charge in [0, 0.05) is 24.0 Å². The predicted octanol–water partition coefficient (Wildman–Crippen LogP) is 4.98. The highest BCUT2D eigenvalue weighted by atomic mass is 32.2. The Morgan fingerprint density at radius 2 is 1.71 bits per heavy atom. The lowest BCUT2D eigenvalue weighted by molar-refractivity contribution is -0.136. The summed E-state index contributed by atoms with van der Waals surface area (Å²) in [6.07, 6.45) is 4.68. The van der Waals surface area contributed by atoms with Crippen molar-refractivity contribution in [1.82, 2.24) is 4.31 Å². The van der Waals surface area contributed by atoms with Crippen LogP contribution in [0.25, 0.3) is 0 Å². The van der Waals surface area contributed by atoms with Crippen molar-refractivity contribution in [2.75, 3.05) is 26.2 Å². The Bertz CT molecular complexity index is 1320. The maximum absolute atomic E-state index is 14.6. The number of anilines is 1. The van der Waals surface area contributed by atoms with Crippen molar-refractivity contribution < 1.29 is 27.4 Å². The van der Waals surface area contributed by atoms with Crippen LogP contribution >= 0.6 is 0 Å². The van der Waals surface area contributed by atoms with Crippen molar-refractivity contribution in [2.24, 2.45) is 0 Å². The molecule has 0 aliphatic carbocycles. The summed E-state index contributed by atoms with van der Waals surface area (Å²) >= 11 is 0. The number of carbonyl (C=O) groups excluding carboxylic acids is 1. The molecule has 0 amide bonds. The van der Waals surface area contributed by atoms with Gasteiger partial charge in [-0.05, 0) is 49.6 Å². The number of benzene rings is 2. The minimum Gasteiger partial charge on any atom is -0.497 e. The van der Waals surface area contributed by atoms with Gasteiger partial charge in [0.05, 0.1) is 27.4 Å². The van der Waals surface area contributed by atoms with Crippen LogP contribution in [0.15, 0.2) is 77.0 Å². The monoisotopic (exact) mass is 540 g/mol. The number of fused-ring (bicyclic) bond motifs is 1. The van der Waals surface area contributed by atoms with E-state index in [0.717, 1.165) is 24.1 Å². The molecule has 2 aromatic carbocycles. The van der Waals surface area contributed by atoms with Crippen molar-refractivity contribution >= 4 is 21.7 Å². The van der Waals surface area contributed by atoms with Crippen LogP contribution in [-0.2, 0) is 30.8 Å². The summed E-state index contributed by atoms with van der Waals surface area (Å²) < 4.78 is 46.8. The molecule has 0 aromatic heterocycles. The smallest absolute Gasteiger partial charge is 0.342 e. The van der Waals surface area contributed by atoms with E-state index in [2.05, 4.69) is 6.92 Å². The second-order valence-electron chi connectivity index (χ2n) is 9.85. The molecule has 2 aliphatic rings. The summed E-state index contributed by atoms with van der Waals surface area (Å²) in [5, 5.41) is 0. The topological polar surface area (TPSA) is 85.4 Å². The summed E-state index contributed by atoms with van der Waals surface area (Å²) in [6, 6.07) is 16.3. The number of sulfonamides is 1. The van der Waals surface area contributed by atoms with Gasteiger partial charge in [0.25, 0.3) is 0 Å². The molecule has 9 heteroatoms. The highest BCUT2D eigenvalue weighted by Gasteiger charge is 2.55. The van der Waals surface area contributed by atoms with E-state index in [1.165, 1.54) is 14.2 Å². The van der Waals surface area contributed by atoms with Crippen LogP contribution in [0, 0.1) is 0 Å². The third-order valence-electron chi connectivity index (χ3n) is 7.41. The first-order valence-corrected chi connectivity index (χ1v) is 14.2. The number of para-hydroxylation sites is 1. The Morgan fingerprint density at radius 1 is 1.03 bits per heavy atom. The number of rotatable bonds is 9. The van der Waals surface area contributed by atoms with Crippen LogP contribution in [-0.4, -0.2) is 51.6 Å². The lowest BCUT2D eigenvalue weighted by Gasteiger charge is -2.51. The molecule has 2 aliphatic heterocycles. The number of esters is 1. The van der Waals surface area contributed by atoms with Gasteiger partial charge in [0.1, 0.15) is 16.2 Å². The number of methoxy groups -OCH3 is 3. The fourth-order valence-electron chi connectivity index (χ4n) is 5.38. The van der Waals surface area contributed by atoms with Gasteiger partial charge < -0.3 is 19.1 Å². The second kappa shape index (κ2) is 11.2. The lowest BCUT2D eigenvalue weighted by atomic mass is 9.84. The lowest BCUT2D eigenvalue weighted by Crippen LogP contribution is -2.60. The van der Waals surface area contributed by atoms with E-state index in [1.54, 1.807) is 17.6 Å². The molecule has 0 spiro atoms. The zero-order chi connectivity index (χ0) is 27.5. The third-order valence-corrected chi connectivity index (χ3v) is 9.59. The second-order valence-corrected chi connectivity index (χ2v) is 11.7.